The molecule has 12 heteroatoms. The molecule has 3 aromatic rings. The second-order valence-corrected chi connectivity index (χ2v) is 11.2. The summed E-state index contributed by atoms with van der Waals surface area (Å²) in [5, 5.41) is 3.32. The zero-order valence-electron chi connectivity index (χ0n) is 23.8. The maximum absolute atomic E-state index is 13.6. The summed E-state index contributed by atoms with van der Waals surface area (Å²) in [5.74, 6) is -0.140. The van der Waals surface area contributed by atoms with Gasteiger partial charge >= 0.3 is 10.2 Å². The maximum Gasteiger partial charge on any atom is 0.307 e. The maximum atomic E-state index is 13.6. The van der Waals surface area contributed by atoms with E-state index < -0.39 is 22.0 Å². The molecule has 2 aromatic carbocycles. The standard InChI is InChI=1S/C28H36N4O7S/c1-8-9-14-31(4)28(34)22(29-27(33)19-16-24(37-5)26(39-7)25(17-19)38-6)15-20-18-32(40(35,36)30(2)3)23-13-11-10-12-21(20)23/h10-13,15-18H,8-9,14H2,1-7H3,(H,29,33)/b22-15-. The number of likely N-dealkylation sites (N-methyl/N-ethyl adjacent to an activating group) is 1. The summed E-state index contributed by atoms with van der Waals surface area (Å²) >= 11 is 0. The van der Waals surface area contributed by atoms with Crippen molar-refractivity contribution in [3.05, 3.63) is 59.4 Å². The fourth-order valence-corrected chi connectivity index (χ4v) is 5.08. The molecule has 216 valence electrons. The Morgan fingerprint density at radius 3 is 2.17 bits per heavy atom. The first kappa shape index (κ1) is 30.5. The quantitative estimate of drug-likeness (QED) is 0.331. The fraction of sp³-hybridized carbons (Fsp3) is 0.357. The third-order valence-electron chi connectivity index (χ3n) is 6.32. The molecule has 2 amide bonds. The van der Waals surface area contributed by atoms with Crippen LogP contribution in [0.4, 0.5) is 0 Å². The van der Waals surface area contributed by atoms with Gasteiger partial charge in [0.15, 0.2) is 11.5 Å². The molecule has 0 saturated carbocycles. The lowest BCUT2D eigenvalue weighted by molar-refractivity contribution is -0.126. The summed E-state index contributed by atoms with van der Waals surface area (Å²) in [6, 6.07) is 9.90. The van der Waals surface area contributed by atoms with E-state index in [1.54, 1.807) is 31.3 Å². The number of methoxy groups -OCH3 is 3. The molecule has 0 unspecified atom stereocenters. The highest BCUT2D eigenvalue weighted by molar-refractivity contribution is 7.87. The van der Waals surface area contributed by atoms with Crippen LogP contribution in [0.5, 0.6) is 17.2 Å². The number of rotatable bonds is 12. The molecular formula is C28H36N4O7S. The van der Waals surface area contributed by atoms with Crippen LogP contribution in [0.1, 0.15) is 35.7 Å². The largest absolute Gasteiger partial charge is 0.493 e. The highest BCUT2D eigenvalue weighted by Crippen LogP contribution is 2.38. The fourth-order valence-electron chi connectivity index (χ4n) is 4.07. The number of hydrogen-bond donors (Lipinski definition) is 1. The van der Waals surface area contributed by atoms with Crippen LogP contribution in [0.25, 0.3) is 17.0 Å². The van der Waals surface area contributed by atoms with E-state index in [9.17, 15) is 18.0 Å². The number of para-hydroxylation sites is 1. The van der Waals surface area contributed by atoms with Gasteiger partial charge in [-0.05, 0) is 30.7 Å². The number of nitrogens with one attached hydrogen (secondary N) is 1. The average molecular weight is 573 g/mol. The minimum atomic E-state index is -3.86. The van der Waals surface area contributed by atoms with Crippen molar-refractivity contribution >= 4 is 39.0 Å². The van der Waals surface area contributed by atoms with Crippen LogP contribution in [0.3, 0.4) is 0 Å². The Hall–Kier alpha value is -4.03. The van der Waals surface area contributed by atoms with Gasteiger partial charge in [-0.15, -0.1) is 0 Å². The third kappa shape index (κ3) is 6.23. The van der Waals surface area contributed by atoms with Gasteiger partial charge in [-0.2, -0.15) is 12.7 Å². The Balaban J connectivity index is 2.16. The summed E-state index contributed by atoms with van der Waals surface area (Å²) in [5.41, 5.74) is 1.02. The van der Waals surface area contributed by atoms with Gasteiger partial charge in [0, 0.05) is 50.4 Å². The smallest absolute Gasteiger partial charge is 0.307 e. The highest BCUT2D eigenvalue weighted by atomic mass is 32.2. The molecule has 0 spiro atoms. The Bertz CT molecular complexity index is 1500. The Morgan fingerprint density at radius 2 is 1.62 bits per heavy atom. The zero-order valence-corrected chi connectivity index (χ0v) is 24.7. The normalized spacial score (nSPS) is 11.9. The van der Waals surface area contributed by atoms with E-state index in [1.165, 1.54) is 64.7 Å². The number of unbranched alkanes of at least 4 members (excludes halogenated alkanes) is 1. The average Bonchev–Trinajstić information content (AvgIpc) is 3.33. The van der Waals surface area contributed by atoms with Crippen molar-refractivity contribution in [2.45, 2.75) is 19.8 Å². The molecule has 11 nitrogen and oxygen atoms in total. The van der Waals surface area contributed by atoms with Crippen LogP contribution in [0.15, 0.2) is 48.3 Å². The predicted octanol–water partition coefficient (Wildman–Crippen LogP) is 3.35. The van der Waals surface area contributed by atoms with Crippen molar-refractivity contribution in [1.29, 1.82) is 0 Å². The summed E-state index contributed by atoms with van der Waals surface area (Å²) in [6.07, 6.45) is 4.58. The van der Waals surface area contributed by atoms with Crippen LogP contribution in [0.2, 0.25) is 0 Å². The lowest BCUT2D eigenvalue weighted by Gasteiger charge is -2.20. The number of benzene rings is 2. The molecule has 0 saturated heterocycles. The van der Waals surface area contributed by atoms with Gasteiger partial charge in [-0.25, -0.2) is 3.97 Å². The lowest BCUT2D eigenvalue weighted by Crippen LogP contribution is -2.36. The zero-order chi connectivity index (χ0) is 29.6. The number of ether oxygens (including phenoxy) is 3. The molecule has 0 radical (unpaired) electrons. The van der Waals surface area contributed by atoms with Crippen molar-refractivity contribution in [2.75, 3.05) is 49.0 Å². The molecular weight excluding hydrogens is 536 g/mol. The SMILES string of the molecule is CCCCN(C)C(=O)/C(=C/c1cn(S(=O)(=O)N(C)C)c2ccccc12)NC(=O)c1cc(OC)c(OC)c(OC)c1. The summed E-state index contributed by atoms with van der Waals surface area (Å²) in [6.45, 7) is 2.49. The first-order valence-electron chi connectivity index (χ1n) is 12.6. The Kier molecular flexibility index (Phi) is 9.83. The Labute approximate surface area is 235 Å². The second kappa shape index (κ2) is 12.9. The van der Waals surface area contributed by atoms with Crippen molar-refractivity contribution in [3.63, 3.8) is 0 Å². The van der Waals surface area contributed by atoms with Crippen molar-refractivity contribution in [2.24, 2.45) is 0 Å². The van der Waals surface area contributed by atoms with Crippen LogP contribution < -0.4 is 19.5 Å². The van der Waals surface area contributed by atoms with Crippen molar-refractivity contribution < 1.29 is 32.2 Å². The molecule has 0 fully saturated rings. The van der Waals surface area contributed by atoms with E-state index in [1.807, 2.05) is 6.92 Å². The molecule has 0 bridgehead atoms. The van der Waals surface area contributed by atoms with Crippen LogP contribution in [0, 0.1) is 0 Å². The highest BCUT2D eigenvalue weighted by Gasteiger charge is 2.24. The lowest BCUT2D eigenvalue weighted by atomic mass is 10.1. The van der Waals surface area contributed by atoms with E-state index in [2.05, 4.69) is 5.32 Å². The molecule has 3 rings (SSSR count). The first-order valence-corrected chi connectivity index (χ1v) is 14.0. The van der Waals surface area contributed by atoms with E-state index in [0.29, 0.717) is 28.8 Å². The molecule has 40 heavy (non-hydrogen) atoms. The monoisotopic (exact) mass is 572 g/mol. The number of aromatic nitrogens is 1. The van der Waals surface area contributed by atoms with Gasteiger partial charge in [-0.1, -0.05) is 31.5 Å². The van der Waals surface area contributed by atoms with Gasteiger partial charge in [0.25, 0.3) is 11.8 Å². The van der Waals surface area contributed by atoms with Crippen LogP contribution in [-0.2, 0) is 15.0 Å². The molecule has 1 N–H and O–H groups in total. The number of hydrogen-bond acceptors (Lipinski definition) is 7. The summed E-state index contributed by atoms with van der Waals surface area (Å²) in [7, 11) is 5.01. The number of fused-ring (bicyclic) bond motifs is 1. The number of amides is 2. The van der Waals surface area contributed by atoms with E-state index in [-0.39, 0.29) is 22.8 Å². The first-order chi connectivity index (χ1) is 19.0. The third-order valence-corrected chi connectivity index (χ3v) is 8.04. The van der Waals surface area contributed by atoms with Crippen molar-refractivity contribution in [3.8, 4) is 17.2 Å². The summed E-state index contributed by atoms with van der Waals surface area (Å²) < 4.78 is 44.4. The number of nitrogens with zero attached hydrogens (tertiary/aromatic N) is 3. The van der Waals surface area contributed by atoms with Gasteiger partial charge in [0.05, 0.1) is 26.8 Å². The van der Waals surface area contributed by atoms with Gasteiger partial charge in [-0.3, -0.25) is 9.59 Å². The van der Waals surface area contributed by atoms with E-state index in [0.717, 1.165) is 21.1 Å². The number of carbonyl (C=O) groups excluding carboxylic acids is 2. The minimum Gasteiger partial charge on any atom is -0.493 e. The van der Waals surface area contributed by atoms with Gasteiger partial charge in [0.2, 0.25) is 5.75 Å². The van der Waals surface area contributed by atoms with Crippen LogP contribution >= 0.6 is 0 Å². The Morgan fingerprint density at radius 1 is 1.00 bits per heavy atom. The molecule has 0 aliphatic heterocycles. The van der Waals surface area contributed by atoms with Gasteiger partial charge in [0.1, 0.15) is 5.70 Å². The number of carbonyl (C=O) groups is 2. The molecule has 0 atom stereocenters. The minimum absolute atomic E-state index is 0.0255. The molecule has 0 aliphatic rings. The van der Waals surface area contributed by atoms with Crippen LogP contribution in [-0.4, -0.2) is 82.4 Å². The van der Waals surface area contributed by atoms with E-state index >= 15 is 0 Å². The predicted molar refractivity (Wildman–Crippen MR) is 154 cm³/mol. The summed E-state index contributed by atoms with van der Waals surface area (Å²) in [4.78, 5) is 28.5. The van der Waals surface area contributed by atoms with Crippen molar-refractivity contribution in [1.82, 2.24) is 18.5 Å². The second-order valence-electron chi connectivity index (χ2n) is 9.19. The molecule has 0 aliphatic carbocycles. The van der Waals surface area contributed by atoms with E-state index in [4.69, 9.17) is 14.2 Å². The molecule has 1 heterocycles. The molecule has 1 aromatic heterocycles. The topological polar surface area (TPSA) is 119 Å². The van der Waals surface area contributed by atoms with Gasteiger partial charge < -0.3 is 24.4 Å².